The summed E-state index contributed by atoms with van der Waals surface area (Å²) in [6.45, 7) is 3.36. The maximum atomic E-state index is 11.2. The first kappa shape index (κ1) is 10.9. The Hall–Kier alpha value is -0.130. The monoisotopic (exact) mass is 207 g/mol. The van der Waals surface area contributed by atoms with E-state index < -0.39 is 9.84 Å². The average molecular weight is 207 g/mol. The highest BCUT2D eigenvalue weighted by Crippen LogP contribution is 2.49. The number of hydrogen-bond acceptors (Lipinski definition) is 4. The van der Waals surface area contributed by atoms with Crippen molar-refractivity contribution in [2.75, 3.05) is 26.0 Å². The maximum Gasteiger partial charge on any atom is 0.151 e. The third kappa shape index (κ3) is 2.21. The van der Waals surface area contributed by atoms with Gasteiger partial charge >= 0.3 is 0 Å². The van der Waals surface area contributed by atoms with Crippen LogP contribution in [0.4, 0.5) is 0 Å². The second kappa shape index (κ2) is 3.55. The molecule has 0 amide bonds. The third-order valence-corrected chi connectivity index (χ3v) is 4.33. The van der Waals surface area contributed by atoms with Crippen molar-refractivity contribution >= 4 is 9.84 Å². The molecule has 13 heavy (non-hydrogen) atoms. The van der Waals surface area contributed by atoms with Gasteiger partial charge in [0.25, 0.3) is 0 Å². The lowest BCUT2D eigenvalue weighted by atomic mass is 10.1. The Kier molecular flexibility index (Phi) is 2.99. The molecule has 1 aliphatic rings. The first-order valence-corrected chi connectivity index (χ1v) is 6.38. The SMILES string of the molecule is CCOC[C@@]1(CN)C[C@H]1S(C)(=O)=O. The summed E-state index contributed by atoms with van der Waals surface area (Å²) in [4.78, 5) is 0. The third-order valence-electron chi connectivity index (χ3n) is 2.63. The molecule has 2 N–H and O–H groups in total. The minimum atomic E-state index is -2.94. The molecule has 0 spiro atoms. The number of nitrogens with two attached hydrogens (primary N) is 1. The average Bonchev–Trinajstić information content (AvgIpc) is 2.76. The van der Waals surface area contributed by atoms with E-state index in [1.165, 1.54) is 6.26 Å². The van der Waals surface area contributed by atoms with Crippen LogP contribution in [-0.4, -0.2) is 39.7 Å². The summed E-state index contributed by atoms with van der Waals surface area (Å²) < 4.78 is 27.7. The Balaban J connectivity index is 2.59. The first-order chi connectivity index (χ1) is 5.96. The van der Waals surface area contributed by atoms with Crippen LogP contribution in [0.3, 0.4) is 0 Å². The molecule has 0 aliphatic heterocycles. The van der Waals surface area contributed by atoms with Gasteiger partial charge in [0.2, 0.25) is 0 Å². The van der Waals surface area contributed by atoms with Crippen molar-refractivity contribution in [2.45, 2.75) is 18.6 Å². The van der Waals surface area contributed by atoms with E-state index in [2.05, 4.69) is 0 Å². The smallest absolute Gasteiger partial charge is 0.151 e. The van der Waals surface area contributed by atoms with Gasteiger partial charge in [0.15, 0.2) is 9.84 Å². The van der Waals surface area contributed by atoms with Gasteiger partial charge in [-0.1, -0.05) is 0 Å². The van der Waals surface area contributed by atoms with E-state index >= 15 is 0 Å². The number of hydrogen-bond donors (Lipinski definition) is 1. The fraction of sp³-hybridized carbons (Fsp3) is 1.00. The quantitative estimate of drug-likeness (QED) is 0.677. The second-order valence-corrected chi connectivity index (χ2v) is 5.95. The van der Waals surface area contributed by atoms with Crippen molar-refractivity contribution in [1.82, 2.24) is 0 Å². The van der Waals surface area contributed by atoms with Crippen LogP contribution in [-0.2, 0) is 14.6 Å². The molecule has 0 bridgehead atoms. The van der Waals surface area contributed by atoms with Crippen LogP contribution >= 0.6 is 0 Å². The Labute approximate surface area is 79.4 Å². The van der Waals surface area contributed by atoms with Crippen molar-refractivity contribution in [3.63, 3.8) is 0 Å². The predicted octanol–water partition coefficient (Wildman–Crippen LogP) is -0.215. The molecular weight excluding hydrogens is 190 g/mol. The van der Waals surface area contributed by atoms with E-state index in [-0.39, 0.29) is 10.7 Å². The van der Waals surface area contributed by atoms with E-state index in [9.17, 15) is 8.42 Å². The molecule has 0 aromatic heterocycles. The van der Waals surface area contributed by atoms with Gasteiger partial charge < -0.3 is 10.5 Å². The zero-order valence-electron chi connectivity index (χ0n) is 8.12. The van der Waals surface area contributed by atoms with E-state index in [1.807, 2.05) is 6.92 Å². The van der Waals surface area contributed by atoms with Crippen molar-refractivity contribution in [2.24, 2.45) is 11.1 Å². The molecule has 0 aromatic carbocycles. The molecule has 1 fully saturated rings. The van der Waals surface area contributed by atoms with Crippen LogP contribution < -0.4 is 5.73 Å². The minimum Gasteiger partial charge on any atom is -0.381 e. The van der Waals surface area contributed by atoms with Crippen LogP contribution in [0.1, 0.15) is 13.3 Å². The van der Waals surface area contributed by atoms with Crippen molar-refractivity contribution in [3.8, 4) is 0 Å². The molecule has 4 nitrogen and oxygen atoms in total. The highest BCUT2D eigenvalue weighted by molar-refractivity contribution is 7.91. The van der Waals surface area contributed by atoms with Crippen molar-refractivity contribution < 1.29 is 13.2 Å². The predicted molar refractivity (Wildman–Crippen MR) is 51.2 cm³/mol. The number of sulfone groups is 1. The summed E-state index contributed by atoms with van der Waals surface area (Å²) >= 11 is 0. The van der Waals surface area contributed by atoms with Crippen LogP contribution in [0, 0.1) is 5.41 Å². The molecule has 5 heteroatoms. The highest BCUT2D eigenvalue weighted by Gasteiger charge is 2.58. The second-order valence-electron chi connectivity index (χ2n) is 3.73. The van der Waals surface area contributed by atoms with E-state index in [0.717, 1.165) is 0 Å². The summed E-state index contributed by atoms with van der Waals surface area (Å²) in [6, 6.07) is 0. The largest absolute Gasteiger partial charge is 0.381 e. The van der Waals surface area contributed by atoms with Gasteiger partial charge in [-0.2, -0.15) is 0 Å². The molecule has 0 heterocycles. The van der Waals surface area contributed by atoms with Crippen LogP contribution in [0.2, 0.25) is 0 Å². The van der Waals surface area contributed by atoms with Gasteiger partial charge in [0.1, 0.15) is 0 Å². The summed E-state index contributed by atoms with van der Waals surface area (Å²) in [5.41, 5.74) is 5.26. The molecular formula is C8H17NO3S. The molecule has 1 saturated carbocycles. The van der Waals surface area contributed by atoms with E-state index in [0.29, 0.717) is 26.2 Å². The van der Waals surface area contributed by atoms with Gasteiger partial charge in [-0.3, -0.25) is 0 Å². The lowest BCUT2D eigenvalue weighted by Crippen LogP contribution is -2.28. The zero-order chi connectivity index (χ0) is 10.1. The topological polar surface area (TPSA) is 69.4 Å². The fourth-order valence-electron chi connectivity index (χ4n) is 1.65. The van der Waals surface area contributed by atoms with Crippen LogP contribution in [0.5, 0.6) is 0 Å². The molecule has 0 unspecified atom stereocenters. The maximum absolute atomic E-state index is 11.2. The molecule has 1 rings (SSSR count). The Morgan fingerprint density at radius 3 is 2.54 bits per heavy atom. The van der Waals surface area contributed by atoms with Gasteiger partial charge in [-0.25, -0.2) is 8.42 Å². The summed E-state index contributed by atoms with van der Waals surface area (Å²) in [7, 11) is -2.94. The van der Waals surface area contributed by atoms with Gasteiger partial charge in [-0.15, -0.1) is 0 Å². The van der Waals surface area contributed by atoms with E-state index in [1.54, 1.807) is 0 Å². The lowest BCUT2D eigenvalue weighted by molar-refractivity contribution is 0.104. The standard InChI is InChI=1S/C8H17NO3S/c1-3-12-6-8(5-9)4-7(8)13(2,10)11/h7H,3-6,9H2,1-2H3/t7-,8+/m1/s1. The lowest BCUT2D eigenvalue weighted by Gasteiger charge is -2.13. The van der Waals surface area contributed by atoms with Gasteiger partial charge in [0, 0.05) is 24.8 Å². The van der Waals surface area contributed by atoms with Gasteiger partial charge in [0.05, 0.1) is 11.9 Å². The molecule has 1 aliphatic carbocycles. The van der Waals surface area contributed by atoms with Crippen molar-refractivity contribution in [3.05, 3.63) is 0 Å². The summed E-state index contributed by atoms with van der Waals surface area (Å²) in [5.74, 6) is 0. The Morgan fingerprint density at radius 1 is 1.62 bits per heavy atom. The van der Waals surface area contributed by atoms with Crippen LogP contribution in [0.15, 0.2) is 0 Å². The summed E-state index contributed by atoms with van der Waals surface area (Å²) in [6.07, 6.45) is 1.92. The molecule has 78 valence electrons. The van der Waals surface area contributed by atoms with Crippen LogP contribution in [0.25, 0.3) is 0 Å². The zero-order valence-corrected chi connectivity index (χ0v) is 8.93. The minimum absolute atomic E-state index is 0.281. The molecule has 0 saturated heterocycles. The van der Waals surface area contributed by atoms with E-state index in [4.69, 9.17) is 10.5 Å². The molecule has 0 aromatic rings. The van der Waals surface area contributed by atoms with Gasteiger partial charge in [-0.05, 0) is 13.3 Å². The fourth-order valence-corrected chi connectivity index (χ4v) is 3.35. The normalized spacial score (nSPS) is 33.3. The summed E-state index contributed by atoms with van der Waals surface area (Å²) in [5, 5.41) is -0.281. The van der Waals surface area contributed by atoms with Crippen molar-refractivity contribution in [1.29, 1.82) is 0 Å². The Bertz CT molecular complexity index is 275. The number of rotatable bonds is 5. The molecule has 2 atom stereocenters. The highest BCUT2D eigenvalue weighted by atomic mass is 32.2. The first-order valence-electron chi connectivity index (χ1n) is 4.43. The number of ether oxygens (including phenoxy) is 1. The Morgan fingerprint density at radius 2 is 2.23 bits per heavy atom. The molecule has 0 radical (unpaired) electrons.